The van der Waals surface area contributed by atoms with Crippen LogP contribution in [0.1, 0.15) is 30.6 Å². The highest BCUT2D eigenvalue weighted by molar-refractivity contribution is 5.94. The lowest BCUT2D eigenvalue weighted by Gasteiger charge is -2.18. The maximum absolute atomic E-state index is 13.3. The van der Waals surface area contributed by atoms with E-state index in [4.69, 9.17) is 5.11 Å². The Bertz CT molecular complexity index is 407. The van der Waals surface area contributed by atoms with Gasteiger partial charge >= 0.3 is 5.97 Å². The van der Waals surface area contributed by atoms with Crippen LogP contribution in [-0.2, 0) is 0 Å². The Labute approximate surface area is 99.1 Å². The molecule has 0 aliphatic carbocycles. The third-order valence-electron chi connectivity index (χ3n) is 2.32. The van der Waals surface area contributed by atoms with E-state index in [1.165, 1.54) is 12.1 Å². The summed E-state index contributed by atoms with van der Waals surface area (Å²) in [5.41, 5.74) is -0.143. The normalized spacial score (nSPS) is 14.1. The number of aliphatic hydroxyl groups excluding tert-OH is 1. The fraction of sp³-hybridized carbons (Fsp3) is 0.417. The van der Waals surface area contributed by atoms with E-state index in [-0.39, 0.29) is 17.3 Å². The van der Waals surface area contributed by atoms with Crippen molar-refractivity contribution < 1.29 is 19.4 Å². The van der Waals surface area contributed by atoms with E-state index in [0.717, 1.165) is 6.07 Å². The molecule has 94 valence electrons. The molecular weight excluding hydrogens is 225 g/mol. The summed E-state index contributed by atoms with van der Waals surface area (Å²) in [7, 11) is 0. The number of carboxylic acids is 1. The summed E-state index contributed by atoms with van der Waals surface area (Å²) in [4.78, 5) is 10.9. The van der Waals surface area contributed by atoms with Gasteiger partial charge in [-0.2, -0.15) is 0 Å². The minimum Gasteiger partial charge on any atom is -0.478 e. The maximum Gasteiger partial charge on any atom is 0.340 e. The Morgan fingerprint density at radius 3 is 2.65 bits per heavy atom. The van der Waals surface area contributed by atoms with Crippen molar-refractivity contribution in [2.24, 2.45) is 0 Å². The van der Waals surface area contributed by atoms with Gasteiger partial charge in [-0.3, -0.25) is 0 Å². The molecule has 0 aliphatic rings. The third kappa shape index (κ3) is 3.71. The molecule has 5 heteroatoms. The Morgan fingerprint density at radius 1 is 1.47 bits per heavy atom. The van der Waals surface area contributed by atoms with Crippen molar-refractivity contribution in [2.75, 3.05) is 5.32 Å². The second-order valence-electron chi connectivity index (χ2n) is 4.10. The van der Waals surface area contributed by atoms with E-state index in [1.807, 2.05) is 0 Å². The smallest absolute Gasteiger partial charge is 0.340 e. The van der Waals surface area contributed by atoms with E-state index >= 15 is 0 Å². The SMILES string of the molecule is CC(O)CC(C)Nc1cccc(F)c1C(=O)O. The molecule has 1 aromatic carbocycles. The van der Waals surface area contributed by atoms with Crippen LogP contribution in [0.4, 0.5) is 10.1 Å². The second kappa shape index (κ2) is 5.63. The largest absolute Gasteiger partial charge is 0.478 e. The Kier molecular flexibility index (Phi) is 4.45. The van der Waals surface area contributed by atoms with Crippen molar-refractivity contribution >= 4 is 11.7 Å². The molecule has 0 saturated carbocycles. The van der Waals surface area contributed by atoms with Crippen molar-refractivity contribution in [1.82, 2.24) is 0 Å². The predicted molar refractivity (Wildman–Crippen MR) is 62.7 cm³/mol. The minimum absolute atomic E-state index is 0.144. The molecule has 0 bridgehead atoms. The fourth-order valence-electron chi connectivity index (χ4n) is 1.70. The lowest BCUT2D eigenvalue weighted by Crippen LogP contribution is -2.22. The van der Waals surface area contributed by atoms with Gasteiger partial charge in [-0.25, -0.2) is 9.18 Å². The second-order valence-corrected chi connectivity index (χ2v) is 4.10. The molecule has 4 nitrogen and oxygen atoms in total. The number of carboxylic acid groups (broad SMARTS) is 1. The van der Waals surface area contributed by atoms with Gasteiger partial charge in [0.25, 0.3) is 0 Å². The number of anilines is 1. The van der Waals surface area contributed by atoms with Gasteiger partial charge in [-0.15, -0.1) is 0 Å². The molecule has 17 heavy (non-hydrogen) atoms. The first-order valence-electron chi connectivity index (χ1n) is 5.38. The van der Waals surface area contributed by atoms with Gasteiger partial charge in [0.2, 0.25) is 0 Å². The topological polar surface area (TPSA) is 69.6 Å². The third-order valence-corrected chi connectivity index (χ3v) is 2.32. The molecule has 0 aromatic heterocycles. The quantitative estimate of drug-likeness (QED) is 0.738. The van der Waals surface area contributed by atoms with E-state index < -0.39 is 17.9 Å². The van der Waals surface area contributed by atoms with Gasteiger partial charge in [0.05, 0.1) is 11.8 Å². The van der Waals surface area contributed by atoms with Crippen molar-refractivity contribution in [3.63, 3.8) is 0 Å². The van der Waals surface area contributed by atoms with Crippen LogP contribution in [-0.4, -0.2) is 28.3 Å². The summed E-state index contributed by atoms with van der Waals surface area (Å²) in [6.45, 7) is 3.44. The summed E-state index contributed by atoms with van der Waals surface area (Å²) in [5, 5.41) is 21.0. The van der Waals surface area contributed by atoms with Crippen LogP contribution in [0.15, 0.2) is 18.2 Å². The van der Waals surface area contributed by atoms with Crippen LogP contribution < -0.4 is 5.32 Å². The number of hydrogen-bond donors (Lipinski definition) is 3. The summed E-state index contributed by atoms with van der Waals surface area (Å²) in [6.07, 6.45) is -0.0467. The highest BCUT2D eigenvalue weighted by atomic mass is 19.1. The average molecular weight is 241 g/mol. The number of carbonyl (C=O) groups is 1. The lowest BCUT2D eigenvalue weighted by molar-refractivity contribution is 0.0693. The molecule has 0 spiro atoms. The number of nitrogens with one attached hydrogen (secondary N) is 1. The van der Waals surface area contributed by atoms with Crippen molar-refractivity contribution in [3.05, 3.63) is 29.6 Å². The number of benzene rings is 1. The number of rotatable bonds is 5. The van der Waals surface area contributed by atoms with Gasteiger partial charge in [0, 0.05) is 6.04 Å². The van der Waals surface area contributed by atoms with Gasteiger partial charge in [0.15, 0.2) is 0 Å². The van der Waals surface area contributed by atoms with Gasteiger partial charge in [0.1, 0.15) is 11.4 Å². The zero-order chi connectivity index (χ0) is 13.0. The first kappa shape index (κ1) is 13.4. The standard InChI is InChI=1S/C12H16FNO3/c1-7(6-8(2)15)14-10-5-3-4-9(13)11(10)12(16)17/h3-5,7-8,14-15H,6H2,1-2H3,(H,16,17). The van der Waals surface area contributed by atoms with Crippen LogP contribution in [0.2, 0.25) is 0 Å². The minimum atomic E-state index is -1.31. The van der Waals surface area contributed by atoms with Crippen molar-refractivity contribution in [3.8, 4) is 0 Å². The maximum atomic E-state index is 13.3. The molecule has 0 heterocycles. The Morgan fingerprint density at radius 2 is 2.12 bits per heavy atom. The van der Waals surface area contributed by atoms with Gasteiger partial charge in [-0.05, 0) is 32.4 Å². The Hall–Kier alpha value is -1.62. The highest BCUT2D eigenvalue weighted by Crippen LogP contribution is 2.20. The molecule has 0 aliphatic heterocycles. The molecule has 3 N–H and O–H groups in total. The molecule has 2 unspecified atom stereocenters. The van der Waals surface area contributed by atoms with E-state index in [1.54, 1.807) is 13.8 Å². The van der Waals surface area contributed by atoms with Crippen LogP contribution in [0, 0.1) is 5.82 Å². The number of aromatic carboxylic acids is 1. The van der Waals surface area contributed by atoms with Gasteiger partial charge < -0.3 is 15.5 Å². The molecule has 0 fully saturated rings. The zero-order valence-electron chi connectivity index (χ0n) is 9.77. The molecule has 0 radical (unpaired) electrons. The molecule has 2 atom stereocenters. The van der Waals surface area contributed by atoms with Crippen LogP contribution >= 0.6 is 0 Å². The predicted octanol–water partition coefficient (Wildman–Crippen LogP) is 2.10. The van der Waals surface area contributed by atoms with E-state index in [0.29, 0.717) is 6.42 Å². The van der Waals surface area contributed by atoms with Crippen molar-refractivity contribution in [1.29, 1.82) is 0 Å². The summed E-state index contributed by atoms with van der Waals surface area (Å²) in [5.74, 6) is -2.08. The molecule has 1 aromatic rings. The van der Waals surface area contributed by atoms with E-state index in [2.05, 4.69) is 5.32 Å². The molecule has 0 saturated heterocycles. The fourth-order valence-corrected chi connectivity index (χ4v) is 1.70. The first-order valence-corrected chi connectivity index (χ1v) is 5.38. The highest BCUT2D eigenvalue weighted by Gasteiger charge is 2.17. The molecule has 0 amide bonds. The van der Waals surface area contributed by atoms with Crippen molar-refractivity contribution in [2.45, 2.75) is 32.4 Å². The number of hydrogen-bond acceptors (Lipinski definition) is 3. The number of halogens is 1. The first-order chi connectivity index (χ1) is 7.91. The monoisotopic (exact) mass is 241 g/mol. The van der Waals surface area contributed by atoms with Crippen LogP contribution in [0.3, 0.4) is 0 Å². The van der Waals surface area contributed by atoms with E-state index in [9.17, 15) is 14.3 Å². The molecular formula is C12H16FNO3. The zero-order valence-corrected chi connectivity index (χ0v) is 9.77. The van der Waals surface area contributed by atoms with Gasteiger partial charge in [-0.1, -0.05) is 6.07 Å². The average Bonchev–Trinajstić information content (AvgIpc) is 2.15. The van der Waals surface area contributed by atoms with Crippen LogP contribution in [0.5, 0.6) is 0 Å². The Balaban J connectivity index is 2.91. The summed E-state index contributed by atoms with van der Waals surface area (Å²) < 4.78 is 13.3. The summed E-state index contributed by atoms with van der Waals surface area (Å²) >= 11 is 0. The molecule has 1 rings (SSSR count). The lowest BCUT2D eigenvalue weighted by atomic mass is 10.1. The summed E-state index contributed by atoms with van der Waals surface area (Å²) in [6, 6.07) is 3.91. The number of aliphatic hydroxyl groups is 1. The van der Waals surface area contributed by atoms with Crippen LogP contribution in [0.25, 0.3) is 0 Å².